The number of rotatable bonds is 3. The highest BCUT2D eigenvalue weighted by molar-refractivity contribution is 6.33. The van der Waals surface area contributed by atoms with Gasteiger partial charge in [0.25, 0.3) is 17.8 Å². The zero-order chi connectivity index (χ0) is 22.6. The number of nitrogens with zero attached hydrogens (tertiary/aromatic N) is 6. The molecular formula is C22H14N6O4. The minimum absolute atomic E-state index is 0.0842. The van der Waals surface area contributed by atoms with E-state index in [4.69, 9.17) is 5.26 Å². The third kappa shape index (κ3) is 2.72. The molecule has 0 saturated carbocycles. The van der Waals surface area contributed by atoms with Gasteiger partial charge in [-0.25, -0.2) is 14.6 Å². The molecule has 10 nitrogen and oxygen atoms in total. The second kappa shape index (κ2) is 6.95. The average Bonchev–Trinajstić information content (AvgIpc) is 3.31. The molecule has 10 heteroatoms. The number of carboxylic acid groups (broad SMARTS) is 1. The number of hydrogen-bond donors (Lipinski definition) is 1. The van der Waals surface area contributed by atoms with E-state index >= 15 is 0 Å². The molecule has 2 unspecified atom stereocenters. The summed E-state index contributed by atoms with van der Waals surface area (Å²) in [7, 11) is 0. The fraction of sp³-hybridized carbons (Fsp3) is 0.136. The number of hydrogen-bond acceptors (Lipinski definition) is 7. The number of imide groups is 1. The van der Waals surface area contributed by atoms with Crippen molar-refractivity contribution in [2.45, 2.75) is 13.0 Å². The molecule has 2 amide bonds. The van der Waals surface area contributed by atoms with Gasteiger partial charge in [-0.15, -0.1) is 5.10 Å². The summed E-state index contributed by atoms with van der Waals surface area (Å²) >= 11 is 0. The Labute approximate surface area is 181 Å². The van der Waals surface area contributed by atoms with E-state index < -0.39 is 29.7 Å². The summed E-state index contributed by atoms with van der Waals surface area (Å²) in [5, 5.41) is 23.3. The number of fused-ring (bicyclic) bond motifs is 2. The lowest BCUT2D eigenvalue weighted by Crippen LogP contribution is -2.36. The van der Waals surface area contributed by atoms with Crippen LogP contribution in [-0.2, 0) is 4.79 Å². The highest BCUT2D eigenvalue weighted by Crippen LogP contribution is 2.37. The Morgan fingerprint density at radius 2 is 1.69 bits per heavy atom. The topological polar surface area (TPSA) is 142 Å². The molecular weight excluding hydrogens is 412 g/mol. The molecule has 156 valence electrons. The van der Waals surface area contributed by atoms with E-state index in [1.807, 2.05) is 6.07 Å². The van der Waals surface area contributed by atoms with Crippen LogP contribution >= 0.6 is 0 Å². The lowest BCUT2D eigenvalue weighted by Gasteiger charge is -2.28. The molecule has 0 spiro atoms. The molecule has 2 aliphatic rings. The third-order valence-corrected chi connectivity index (χ3v) is 5.55. The van der Waals surface area contributed by atoms with Crippen molar-refractivity contribution in [3.05, 3.63) is 70.8 Å². The molecule has 0 aliphatic carbocycles. The van der Waals surface area contributed by atoms with E-state index in [1.165, 1.54) is 4.68 Å². The summed E-state index contributed by atoms with van der Waals surface area (Å²) in [6.45, 7) is 1.58. The summed E-state index contributed by atoms with van der Waals surface area (Å²) in [5.41, 5.74) is 1.80. The van der Waals surface area contributed by atoms with Crippen LogP contribution in [0.25, 0.3) is 0 Å². The van der Waals surface area contributed by atoms with Crippen molar-refractivity contribution in [3.8, 4) is 6.07 Å². The van der Waals surface area contributed by atoms with E-state index in [1.54, 1.807) is 55.5 Å². The first-order valence-electron chi connectivity index (χ1n) is 9.63. The zero-order valence-electron chi connectivity index (χ0n) is 16.6. The zero-order valence-corrected chi connectivity index (χ0v) is 16.6. The van der Waals surface area contributed by atoms with Crippen LogP contribution in [0.1, 0.15) is 44.8 Å². The third-order valence-electron chi connectivity index (χ3n) is 5.55. The van der Waals surface area contributed by atoms with Crippen molar-refractivity contribution >= 4 is 35.4 Å². The normalized spacial score (nSPS) is 19.2. The molecule has 2 aromatic carbocycles. The number of aliphatic imine (C=N–C) groups is 1. The minimum Gasteiger partial charge on any atom is -0.481 e. The first-order valence-corrected chi connectivity index (χ1v) is 9.63. The largest absolute Gasteiger partial charge is 0.481 e. The Morgan fingerprint density at radius 3 is 2.25 bits per heavy atom. The fourth-order valence-electron chi connectivity index (χ4n) is 4.03. The maximum atomic E-state index is 12.8. The van der Waals surface area contributed by atoms with Gasteiger partial charge >= 0.3 is 5.97 Å². The lowest BCUT2D eigenvalue weighted by atomic mass is 9.88. The van der Waals surface area contributed by atoms with Crippen molar-refractivity contribution in [1.82, 2.24) is 14.8 Å². The van der Waals surface area contributed by atoms with Crippen LogP contribution in [0.4, 0.5) is 11.9 Å². The fourth-order valence-corrected chi connectivity index (χ4v) is 4.03. The van der Waals surface area contributed by atoms with Crippen LogP contribution < -0.4 is 4.90 Å². The number of benzene rings is 2. The second-order valence-corrected chi connectivity index (χ2v) is 7.40. The molecule has 1 aromatic heterocycles. The quantitative estimate of drug-likeness (QED) is 0.634. The highest BCUT2D eigenvalue weighted by Gasteiger charge is 2.43. The monoisotopic (exact) mass is 426 g/mol. The van der Waals surface area contributed by atoms with Crippen LogP contribution in [0, 0.1) is 17.2 Å². The first kappa shape index (κ1) is 19.3. The Hall–Kier alpha value is -4.65. The van der Waals surface area contributed by atoms with E-state index in [9.17, 15) is 19.5 Å². The number of carbonyl (C=O) groups excluding carboxylic acids is 2. The van der Waals surface area contributed by atoms with Gasteiger partial charge in [0.15, 0.2) is 0 Å². The standard InChI is InChI=1S/C22H14N6O4/c1-11-16(20(31)32)17(13-8-6-12(10-23)7-9-13)28-21(24-11)25-22(26-28)27-18(29)14-4-2-3-5-15(14)19(27)30/h2-9,16-17H,1H3,(H,31,32). The maximum Gasteiger partial charge on any atom is 0.314 e. The van der Waals surface area contributed by atoms with Crippen LogP contribution in [-0.4, -0.2) is 43.4 Å². The van der Waals surface area contributed by atoms with E-state index in [2.05, 4.69) is 15.1 Å². The summed E-state index contributed by atoms with van der Waals surface area (Å²) < 4.78 is 1.31. The number of nitriles is 1. The summed E-state index contributed by atoms with van der Waals surface area (Å²) in [4.78, 5) is 47.2. The number of aromatic nitrogens is 3. The number of carbonyl (C=O) groups is 3. The molecule has 0 bridgehead atoms. The van der Waals surface area contributed by atoms with Crippen molar-refractivity contribution in [2.24, 2.45) is 10.9 Å². The van der Waals surface area contributed by atoms with Crippen LogP contribution in [0.3, 0.4) is 0 Å². The van der Waals surface area contributed by atoms with Gasteiger partial charge in [0.05, 0.1) is 28.8 Å². The summed E-state index contributed by atoms with van der Waals surface area (Å²) in [6.07, 6.45) is 0. The molecule has 0 radical (unpaired) electrons. The number of carboxylic acids is 1. The molecule has 3 heterocycles. The summed E-state index contributed by atoms with van der Waals surface area (Å²) in [6, 6.07) is 14.1. The number of aliphatic carboxylic acids is 1. The average molecular weight is 426 g/mol. The van der Waals surface area contributed by atoms with Crippen molar-refractivity contribution in [3.63, 3.8) is 0 Å². The molecule has 0 saturated heterocycles. The molecule has 3 aromatic rings. The Bertz CT molecular complexity index is 1350. The van der Waals surface area contributed by atoms with Crippen LogP contribution in [0.15, 0.2) is 53.5 Å². The van der Waals surface area contributed by atoms with Crippen molar-refractivity contribution in [2.75, 3.05) is 4.90 Å². The number of amides is 2. The van der Waals surface area contributed by atoms with Crippen LogP contribution in [0.5, 0.6) is 0 Å². The second-order valence-electron chi connectivity index (χ2n) is 7.40. The predicted molar refractivity (Wildman–Crippen MR) is 111 cm³/mol. The highest BCUT2D eigenvalue weighted by atomic mass is 16.4. The smallest absolute Gasteiger partial charge is 0.314 e. The molecule has 2 atom stereocenters. The molecule has 5 rings (SSSR count). The van der Waals surface area contributed by atoms with Gasteiger partial charge in [-0.3, -0.25) is 14.4 Å². The van der Waals surface area contributed by atoms with Gasteiger partial charge in [-0.2, -0.15) is 10.2 Å². The van der Waals surface area contributed by atoms with Crippen molar-refractivity contribution in [1.29, 1.82) is 5.26 Å². The van der Waals surface area contributed by atoms with Crippen LogP contribution in [0.2, 0.25) is 0 Å². The Morgan fingerprint density at radius 1 is 1.06 bits per heavy atom. The van der Waals surface area contributed by atoms with E-state index in [0.29, 0.717) is 16.8 Å². The molecule has 1 N–H and O–H groups in total. The van der Waals surface area contributed by atoms with E-state index in [-0.39, 0.29) is 23.0 Å². The van der Waals surface area contributed by atoms with Gasteiger partial charge in [0.2, 0.25) is 5.95 Å². The van der Waals surface area contributed by atoms with Gasteiger partial charge < -0.3 is 5.11 Å². The Kier molecular flexibility index (Phi) is 4.20. The maximum absolute atomic E-state index is 12.8. The van der Waals surface area contributed by atoms with E-state index in [0.717, 1.165) is 4.90 Å². The number of anilines is 1. The van der Waals surface area contributed by atoms with Crippen molar-refractivity contribution < 1.29 is 19.5 Å². The SMILES string of the molecule is CC1=Nc2nc(N3C(=O)c4ccccc4C3=O)nn2C(c2ccc(C#N)cc2)C1C(=O)O. The molecule has 32 heavy (non-hydrogen) atoms. The van der Waals surface area contributed by atoms with Gasteiger partial charge in [0.1, 0.15) is 5.92 Å². The lowest BCUT2D eigenvalue weighted by molar-refractivity contribution is -0.140. The minimum atomic E-state index is -1.11. The predicted octanol–water partition coefficient (Wildman–Crippen LogP) is 2.35. The molecule has 2 aliphatic heterocycles. The van der Waals surface area contributed by atoms with Gasteiger partial charge in [-0.1, -0.05) is 24.3 Å². The first-order chi connectivity index (χ1) is 15.4. The Balaban J connectivity index is 1.64. The molecule has 0 fully saturated rings. The van der Waals surface area contributed by atoms with Gasteiger partial charge in [0, 0.05) is 5.71 Å². The van der Waals surface area contributed by atoms with Gasteiger partial charge in [-0.05, 0) is 36.8 Å². The summed E-state index contributed by atoms with van der Waals surface area (Å²) in [5.74, 6) is -3.36.